The summed E-state index contributed by atoms with van der Waals surface area (Å²) in [7, 11) is 0. The van der Waals surface area contributed by atoms with E-state index in [2.05, 4.69) is 41.4 Å². The Morgan fingerprint density at radius 3 is 2.57 bits per heavy atom. The highest BCUT2D eigenvalue weighted by Crippen LogP contribution is 2.29. The number of carboxylic acid groups (broad SMARTS) is 1. The number of anilines is 1. The number of hydrogen-bond donors (Lipinski definition) is 3. The topological polar surface area (TPSA) is 123 Å². The molecule has 0 radical (unpaired) electrons. The summed E-state index contributed by atoms with van der Waals surface area (Å²) < 4.78 is 11.7. The SMILES string of the molecule is CC(C)(C)c1ccnc(N[C@@H]2CO[C@@H]3[C@@H]2OC[C@@H]3NC(=O)CSCC(=O)O)n1. The molecule has 2 fully saturated rings. The van der Waals surface area contributed by atoms with Crippen LogP contribution >= 0.6 is 11.8 Å². The number of hydrogen-bond acceptors (Lipinski definition) is 8. The summed E-state index contributed by atoms with van der Waals surface area (Å²) in [6.45, 7) is 7.06. The zero-order chi connectivity index (χ0) is 20.3. The van der Waals surface area contributed by atoms with E-state index in [-0.39, 0.29) is 47.1 Å². The van der Waals surface area contributed by atoms with Gasteiger partial charge in [0.15, 0.2) is 0 Å². The first kappa shape index (κ1) is 20.8. The van der Waals surface area contributed by atoms with Crippen LogP contribution in [0.1, 0.15) is 26.5 Å². The van der Waals surface area contributed by atoms with Gasteiger partial charge in [0.05, 0.1) is 42.5 Å². The fraction of sp³-hybridized carbons (Fsp3) is 0.667. The maximum Gasteiger partial charge on any atom is 0.313 e. The van der Waals surface area contributed by atoms with Gasteiger partial charge in [0.2, 0.25) is 11.9 Å². The number of thioether (sulfide) groups is 1. The summed E-state index contributed by atoms with van der Waals surface area (Å²) in [4.78, 5) is 31.4. The molecule has 154 valence electrons. The first-order valence-corrected chi connectivity index (χ1v) is 10.3. The van der Waals surface area contributed by atoms with Gasteiger partial charge in [0, 0.05) is 11.6 Å². The second kappa shape index (κ2) is 8.62. The van der Waals surface area contributed by atoms with Gasteiger partial charge in [0.25, 0.3) is 0 Å². The third-order valence-corrected chi connectivity index (χ3v) is 5.51. The van der Waals surface area contributed by atoms with Crippen LogP contribution in [0.3, 0.4) is 0 Å². The van der Waals surface area contributed by atoms with E-state index in [9.17, 15) is 9.59 Å². The summed E-state index contributed by atoms with van der Waals surface area (Å²) in [6.07, 6.45) is 1.27. The summed E-state index contributed by atoms with van der Waals surface area (Å²) in [6, 6.07) is 1.54. The highest BCUT2D eigenvalue weighted by molar-refractivity contribution is 8.00. The van der Waals surface area contributed by atoms with Crippen molar-refractivity contribution in [3.8, 4) is 0 Å². The normalized spacial score (nSPS) is 26.7. The highest BCUT2D eigenvalue weighted by Gasteiger charge is 2.48. The predicted octanol–water partition coefficient (Wildman–Crippen LogP) is 0.655. The Morgan fingerprint density at radius 2 is 1.89 bits per heavy atom. The van der Waals surface area contributed by atoms with E-state index >= 15 is 0 Å². The summed E-state index contributed by atoms with van der Waals surface area (Å²) in [5, 5.41) is 14.8. The number of amides is 1. The van der Waals surface area contributed by atoms with Crippen molar-refractivity contribution in [1.29, 1.82) is 0 Å². The lowest BCUT2D eigenvalue weighted by Gasteiger charge is -2.21. The van der Waals surface area contributed by atoms with Gasteiger partial charge in [-0.1, -0.05) is 20.8 Å². The van der Waals surface area contributed by atoms with Gasteiger partial charge < -0.3 is 25.2 Å². The Bertz CT molecular complexity index is 726. The number of aromatic nitrogens is 2. The number of fused-ring (bicyclic) bond motifs is 1. The van der Waals surface area contributed by atoms with Crippen LogP contribution < -0.4 is 10.6 Å². The lowest BCUT2D eigenvalue weighted by Crippen LogP contribution is -2.45. The van der Waals surface area contributed by atoms with Crippen LogP contribution in [-0.4, -0.2) is 76.0 Å². The molecule has 0 aliphatic carbocycles. The molecular formula is C18H26N4O5S. The molecule has 4 atom stereocenters. The lowest BCUT2D eigenvalue weighted by molar-refractivity contribution is -0.133. The molecule has 10 heteroatoms. The minimum atomic E-state index is -0.937. The second-order valence-electron chi connectivity index (χ2n) is 7.92. The van der Waals surface area contributed by atoms with E-state index < -0.39 is 5.97 Å². The average Bonchev–Trinajstić information content (AvgIpc) is 3.18. The molecule has 2 aliphatic heterocycles. The quantitative estimate of drug-likeness (QED) is 0.595. The Kier molecular flexibility index (Phi) is 6.41. The van der Waals surface area contributed by atoms with Crippen molar-refractivity contribution in [3.63, 3.8) is 0 Å². The number of carbonyl (C=O) groups is 2. The van der Waals surface area contributed by atoms with E-state index in [1.54, 1.807) is 6.20 Å². The zero-order valence-electron chi connectivity index (χ0n) is 16.2. The van der Waals surface area contributed by atoms with E-state index in [4.69, 9.17) is 14.6 Å². The molecule has 9 nitrogen and oxygen atoms in total. The number of nitrogens with one attached hydrogen (secondary N) is 2. The number of ether oxygens (including phenoxy) is 2. The van der Waals surface area contributed by atoms with Crippen molar-refractivity contribution in [2.24, 2.45) is 0 Å². The van der Waals surface area contributed by atoms with E-state index in [0.717, 1.165) is 17.5 Å². The van der Waals surface area contributed by atoms with Gasteiger partial charge in [0.1, 0.15) is 12.2 Å². The van der Waals surface area contributed by atoms with E-state index in [0.29, 0.717) is 19.2 Å². The highest BCUT2D eigenvalue weighted by atomic mass is 32.2. The maximum atomic E-state index is 12.0. The van der Waals surface area contributed by atoms with Crippen molar-refractivity contribution >= 4 is 29.6 Å². The van der Waals surface area contributed by atoms with Crippen LogP contribution in [0.5, 0.6) is 0 Å². The summed E-state index contributed by atoms with van der Waals surface area (Å²) >= 11 is 1.06. The first-order chi connectivity index (χ1) is 13.2. The number of nitrogens with zero attached hydrogens (tertiary/aromatic N) is 2. The second-order valence-corrected chi connectivity index (χ2v) is 8.91. The molecule has 3 heterocycles. The molecule has 0 aromatic carbocycles. The van der Waals surface area contributed by atoms with Gasteiger partial charge in [-0.2, -0.15) is 0 Å². The number of carboxylic acids is 1. The molecule has 3 rings (SSSR count). The standard InChI is InChI=1S/C18H26N4O5S/c1-18(2,3)12-4-5-19-17(22-12)21-11-7-27-15-10(6-26-16(11)15)20-13(23)8-28-9-14(24)25/h4-5,10-11,15-16H,6-9H2,1-3H3,(H,20,23)(H,24,25)(H,19,21,22)/t10-,11+,15-,16+/m0/s1. The van der Waals surface area contributed by atoms with Crippen molar-refractivity contribution in [2.45, 2.75) is 50.5 Å². The lowest BCUT2D eigenvalue weighted by atomic mass is 9.92. The molecule has 0 unspecified atom stereocenters. The van der Waals surface area contributed by atoms with Crippen LogP contribution in [-0.2, 0) is 24.5 Å². The monoisotopic (exact) mass is 410 g/mol. The molecule has 0 saturated carbocycles. The number of aliphatic carboxylic acids is 1. The van der Waals surface area contributed by atoms with E-state index in [1.165, 1.54) is 0 Å². The van der Waals surface area contributed by atoms with Crippen LogP contribution in [0.2, 0.25) is 0 Å². The van der Waals surface area contributed by atoms with Gasteiger partial charge in [-0.25, -0.2) is 9.97 Å². The maximum absolute atomic E-state index is 12.0. The largest absolute Gasteiger partial charge is 0.481 e. The van der Waals surface area contributed by atoms with Gasteiger partial charge in [-0.05, 0) is 6.07 Å². The Balaban J connectivity index is 1.54. The van der Waals surface area contributed by atoms with Crippen LogP contribution in [0, 0.1) is 0 Å². The number of carbonyl (C=O) groups excluding carboxylic acids is 1. The minimum Gasteiger partial charge on any atom is -0.481 e. The molecule has 1 aromatic heterocycles. The molecule has 2 aliphatic rings. The fourth-order valence-corrected chi connectivity index (χ4v) is 3.78. The van der Waals surface area contributed by atoms with Crippen molar-refractivity contribution < 1.29 is 24.2 Å². The third kappa shape index (κ3) is 5.12. The summed E-state index contributed by atoms with van der Waals surface area (Å²) in [5.74, 6) is -0.635. The Morgan fingerprint density at radius 1 is 1.21 bits per heavy atom. The fourth-order valence-electron chi connectivity index (χ4n) is 3.24. The molecule has 1 aromatic rings. The molecule has 28 heavy (non-hydrogen) atoms. The average molecular weight is 410 g/mol. The third-order valence-electron chi connectivity index (χ3n) is 4.60. The van der Waals surface area contributed by atoms with Crippen LogP contribution in [0.4, 0.5) is 5.95 Å². The molecule has 3 N–H and O–H groups in total. The van der Waals surface area contributed by atoms with Crippen molar-refractivity contribution in [1.82, 2.24) is 15.3 Å². The molecule has 2 saturated heterocycles. The van der Waals surface area contributed by atoms with Crippen molar-refractivity contribution in [2.75, 3.05) is 30.0 Å². The zero-order valence-corrected chi connectivity index (χ0v) is 17.0. The Labute approximate surface area is 168 Å². The Hall–Kier alpha value is -1.91. The minimum absolute atomic E-state index is 0.0774. The summed E-state index contributed by atoms with van der Waals surface area (Å²) in [5.41, 5.74) is 0.864. The van der Waals surface area contributed by atoms with Crippen LogP contribution in [0.15, 0.2) is 12.3 Å². The van der Waals surface area contributed by atoms with Gasteiger partial charge in [-0.3, -0.25) is 9.59 Å². The molecule has 1 amide bonds. The van der Waals surface area contributed by atoms with Gasteiger partial charge in [-0.15, -0.1) is 11.8 Å². The predicted molar refractivity (Wildman–Crippen MR) is 105 cm³/mol. The first-order valence-electron chi connectivity index (χ1n) is 9.16. The molecule has 0 spiro atoms. The smallest absolute Gasteiger partial charge is 0.313 e. The molecule has 0 bridgehead atoms. The van der Waals surface area contributed by atoms with Gasteiger partial charge >= 0.3 is 5.97 Å². The van der Waals surface area contributed by atoms with E-state index in [1.807, 2.05) is 6.07 Å². The number of rotatable bonds is 7. The van der Waals surface area contributed by atoms with Crippen LogP contribution in [0.25, 0.3) is 0 Å². The molecular weight excluding hydrogens is 384 g/mol. The van der Waals surface area contributed by atoms with Crippen molar-refractivity contribution in [3.05, 3.63) is 18.0 Å².